The number of benzene rings is 2. The summed E-state index contributed by atoms with van der Waals surface area (Å²) < 4.78 is 28.6. The number of carbonyl (C=O) groups is 1. The van der Waals surface area contributed by atoms with Gasteiger partial charge in [0.2, 0.25) is 5.91 Å². The van der Waals surface area contributed by atoms with Gasteiger partial charge in [0, 0.05) is 36.1 Å². The second kappa shape index (κ2) is 9.13. The third-order valence-electron chi connectivity index (χ3n) is 5.06. The molecule has 2 N–H and O–H groups in total. The molecule has 0 bridgehead atoms. The zero-order chi connectivity index (χ0) is 21.0. The van der Waals surface area contributed by atoms with Crippen molar-refractivity contribution in [2.45, 2.75) is 32.7 Å². The first-order valence-corrected chi connectivity index (χ1v) is 9.84. The van der Waals surface area contributed by atoms with Gasteiger partial charge in [-0.1, -0.05) is 19.9 Å². The second-order valence-electron chi connectivity index (χ2n) is 7.14. The molecule has 1 amide bonds. The van der Waals surface area contributed by atoms with Gasteiger partial charge in [0.1, 0.15) is 17.6 Å². The van der Waals surface area contributed by atoms with Crippen LogP contribution in [0.25, 0.3) is 0 Å². The highest BCUT2D eigenvalue weighted by atomic mass is 19.1. The molecule has 2 unspecified atom stereocenters. The quantitative estimate of drug-likeness (QED) is 0.640. The van der Waals surface area contributed by atoms with Gasteiger partial charge in [0.15, 0.2) is 0 Å². The van der Waals surface area contributed by atoms with Crippen LogP contribution in [0.15, 0.2) is 41.4 Å². The number of halogens is 2. The largest absolute Gasteiger partial charge is 0.379 e. The number of nitrogens with zero attached hydrogens (tertiary/aromatic N) is 2. The molecule has 2 atom stereocenters. The molecule has 5 nitrogen and oxygen atoms in total. The highest BCUT2D eigenvalue weighted by molar-refractivity contribution is 6.12. The van der Waals surface area contributed by atoms with Gasteiger partial charge in [0.05, 0.1) is 11.4 Å². The van der Waals surface area contributed by atoms with E-state index in [1.54, 1.807) is 18.2 Å². The maximum absolute atomic E-state index is 14.5. The van der Waals surface area contributed by atoms with Crippen molar-refractivity contribution in [3.05, 3.63) is 53.6 Å². The fourth-order valence-electron chi connectivity index (χ4n) is 3.49. The minimum absolute atomic E-state index is 0.0837. The lowest BCUT2D eigenvalue weighted by Crippen LogP contribution is -2.34. The third-order valence-corrected chi connectivity index (χ3v) is 5.06. The molecule has 1 heterocycles. The lowest BCUT2D eigenvalue weighted by atomic mass is 10.0. The molecule has 0 radical (unpaired) electrons. The van der Waals surface area contributed by atoms with Crippen molar-refractivity contribution in [2.75, 3.05) is 30.3 Å². The molecule has 29 heavy (non-hydrogen) atoms. The number of anilines is 2. The predicted octanol–water partition coefficient (Wildman–Crippen LogP) is 4.55. The summed E-state index contributed by atoms with van der Waals surface area (Å²) in [5.74, 6) is -2.07. The number of carbonyl (C=O) groups excluding carboxylic acids is 1. The van der Waals surface area contributed by atoms with Crippen LogP contribution in [0.4, 0.5) is 25.8 Å². The van der Waals surface area contributed by atoms with Crippen molar-refractivity contribution in [1.29, 1.82) is 0 Å². The van der Waals surface area contributed by atoms with E-state index in [0.29, 0.717) is 17.1 Å². The van der Waals surface area contributed by atoms with Crippen LogP contribution in [0.3, 0.4) is 0 Å². The predicted molar refractivity (Wildman–Crippen MR) is 113 cm³/mol. The number of hydrogen-bond acceptors (Lipinski definition) is 4. The lowest BCUT2D eigenvalue weighted by Gasteiger charge is -2.24. The van der Waals surface area contributed by atoms with E-state index in [0.717, 1.165) is 19.6 Å². The van der Waals surface area contributed by atoms with Crippen molar-refractivity contribution in [3.63, 3.8) is 0 Å². The molecule has 1 aliphatic rings. The number of nitrogens with one attached hydrogen (secondary N) is 2. The summed E-state index contributed by atoms with van der Waals surface area (Å²) in [6.07, 6.45) is 1.36. The summed E-state index contributed by atoms with van der Waals surface area (Å²) in [7, 11) is 0. The van der Waals surface area contributed by atoms with Gasteiger partial charge < -0.3 is 15.5 Å². The van der Waals surface area contributed by atoms with Crippen LogP contribution in [0.2, 0.25) is 0 Å². The van der Waals surface area contributed by atoms with Crippen molar-refractivity contribution >= 4 is 29.2 Å². The van der Waals surface area contributed by atoms with E-state index < -0.39 is 17.6 Å². The van der Waals surface area contributed by atoms with Crippen LogP contribution in [-0.2, 0) is 4.79 Å². The SMILES string of the molecule is CCN(CC)CC(C)Nc1ccc(N=CC2C(=O)Nc3cccc(F)c32)cc1F. The molecule has 0 spiro atoms. The number of aliphatic imine (C=N–C) groups is 1. The second-order valence-corrected chi connectivity index (χ2v) is 7.14. The summed E-state index contributed by atoms with van der Waals surface area (Å²) in [4.78, 5) is 18.6. The molecule has 0 fully saturated rings. The highest BCUT2D eigenvalue weighted by Gasteiger charge is 2.31. The van der Waals surface area contributed by atoms with Crippen molar-refractivity contribution < 1.29 is 13.6 Å². The zero-order valence-corrected chi connectivity index (χ0v) is 16.9. The number of likely N-dealkylation sites (N-methyl/N-ethyl adjacent to an activating group) is 1. The zero-order valence-electron chi connectivity index (χ0n) is 16.9. The molecule has 0 saturated heterocycles. The van der Waals surface area contributed by atoms with E-state index >= 15 is 0 Å². The lowest BCUT2D eigenvalue weighted by molar-refractivity contribution is -0.115. The molecule has 0 aromatic heterocycles. The minimum atomic E-state index is -0.832. The number of rotatable bonds is 8. The molecule has 0 saturated carbocycles. The summed E-state index contributed by atoms with van der Waals surface area (Å²) >= 11 is 0. The van der Waals surface area contributed by atoms with E-state index in [1.807, 2.05) is 6.92 Å². The molecule has 154 valence electrons. The highest BCUT2D eigenvalue weighted by Crippen LogP contribution is 2.34. The van der Waals surface area contributed by atoms with Crippen LogP contribution in [0, 0.1) is 11.6 Å². The van der Waals surface area contributed by atoms with Crippen LogP contribution < -0.4 is 10.6 Å². The Morgan fingerprint density at radius 2 is 1.97 bits per heavy atom. The van der Waals surface area contributed by atoms with Crippen LogP contribution in [0.5, 0.6) is 0 Å². The van der Waals surface area contributed by atoms with Crippen molar-refractivity contribution in [1.82, 2.24) is 4.90 Å². The van der Waals surface area contributed by atoms with Crippen molar-refractivity contribution in [2.24, 2.45) is 4.99 Å². The Hall–Kier alpha value is -2.80. The number of hydrogen-bond donors (Lipinski definition) is 2. The molecule has 2 aromatic rings. The summed E-state index contributed by atoms with van der Waals surface area (Å²) in [6.45, 7) is 8.90. The fraction of sp³-hybridized carbons (Fsp3) is 0.364. The van der Waals surface area contributed by atoms with Crippen LogP contribution in [-0.4, -0.2) is 42.7 Å². The van der Waals surface area contributed by atoms with E-state index in [-0.39, 0.29) is 17.5 Å². The Morgan fingerprint density at radius 1 is 1.21 bits per heavy atom. The molecule has 1 aliphatic heterocycles. The first-order valence-electron chi connectivity index (χ1n) is 9.84. The average Bonchev–Trinajstić information content (AvgIpc) is 3.02. The number of amides is 1. The molecular formula is C22H26F2N4O. The molecular weight excluding hydrogens is 374 g/mol. The Bertz CT molecular complexity index is 912. The Balaban J connectivity index is 1.71. The first-order chi connectivity index (χ1) is 13.9. The Kier molecular flexibility index (Phi) is 6.59. The fourth-order valence-corrected chi connectivity index (χ4v) is 3.49. The maximum atomic E-state index is 14.5. The maximum Gasteiger partial charge on any atom is 0.237 e. The number of fused-ring (bicyclic) bond motifs is 1. The molecule has 0 aliphatic carbocycles. The van der Waals surface area contributed by atoms with E-state index in [4.69, 9.17) is 0 Å². The topological polar surface area (TPSA) is 56.7 Å². The average molecular weight is 400 g/mol. The van der Waals surface area contributed by atoms with Crippen molar-refractivity contribution in [3.8, 4) is 0 Å². The van der Waals surface area contributed by atoms with Gasteiger partial charge in [-0.25, -0.2) is 8.78 Å². The van der Waals surface area contributed by atoms with Gasteiger partial charge in [-0.05, 0) is 44.3 Å². The monoisotopic (exact) mass is 400 g/mol. The van der Waals surface area contributed by atoms with Gasteiger partial charge in [0.25, 0.3) is 0 Å². The van der Waals surface area contributed by atoms with Gasteiger partial charge in [-0.3, -0.25) is 9.79 Å². The van der Waals surface area contributed by atoms with Gasteiger partial charge >= 0.3 is 0 Å². The van der Waals surface area contributed by atoms with Gasteiger partial charge in [-0.2, -0.15) is 0 Å². The standard InChI is InChI=1S/C22H26F2N4O/c1-4-28(5-2)13-14(3)26-19-10-9-15(11-18(19)24)25-12-16-21-17(23)7-6-8-20(21)27-22(16)29/h6-12,14,16,26H,4-5,13H2,1-3H3,(H,27,29). The summed E-state index contributed by atoms with van der Waals surface area (Å²) in [6, 6.07) is 9.17. The van der Waals surface area contributed by atoms with Gasteiger partial charge in [-0.15, -0.1) is 0 Å². The van der Waals surface area contributed by atoms with E-state index in [1.165, 1.54) is 24.4 Å². The van der Waals surface area contributed by atoms with Crippen LogP contribution >= 0.6 is 0 Å². The summed E-state index contributed by atoms with van der Waals surface area (Å²) in [5, 5.41) is 5.81. The van der Waals surface area contributed by atoms with Crippen LogP contribution in [0.1, 0.15) is 32.3 Å². The molecule has 2 aromatic carbocycles. The third kappa shape index (κ3) is 4.79. The minimum Gasteiger partial charge on any atom is -0.379 e. The molecule has 7 heteroatoms. The Morgan fingerprint density at radius 3 is 2.66 bits per heavy atom. The molecule has 3 rings (SSSR count). The summed E-state index contributed by atoms with van der Waals surface area (Å²) in [5.41, 5.74) is 1.48. The van der Waals surface area contributed by atoms with E-state index in [9.17, 15) is 13.6 Å². The smallest absolute Gasteiger partial charge is 0.237 e. The Labute approximate surface area is 169 Å². The van der Waals surface area contributed by atoms with E-state index in [2.05, 4.69) is 34.4 Å². The normalized spacial score (nSPS) is 16.9. The first kappa shape index (κ1) is 20.9.